The Morgan fingerprint density at radius 2 is 1.64 bits per heavy atom. The van der Waals surface area contributed by atoms with E-state index in [1.165, 1.54) is 0 Å². The van der Waals surface area contributed by atoms with Gasteiger partial charge in [-0.1, -0.05) is 30.3 Å². The highest BCUT2D eigenvalue weighted by atomic mass is 16.6. The minimum Gasteiger partial charge on any atom is -0.451 e. The van der Waals surface area contributed by atoms with Crippen molar-refractivity contribution in [2.24, 2.45) is 0 Å². The summed E-state index contributed by atoms with van der Waals surface area (Å²) in [6, 6.07) is 17.2. The third-order valence-corrected chi connectivity index (χ3v) is 3.71. The van der Waals surface area contributed by atoms with Crippen molar-refractivity contribution < 1.29 is 9.53 Å². The zero-order valence-corrected chi connectivity index (χ0v) is 12.6. The number of rotatable bonds is 3. The summed E-state index contributed by atoms with van der Waals surface area (Å²) in [5, 5.41) is 2.13. The van der Waals surface area contributed by atoms with Gasteiger partial charge < -0.3 is 4.74 Å². The molecule has 1 heterocycles. The fraction of sp³-hybridized carbons (Fsp3) is 0.158. The zero-order chi connectivity index (χ0) is 15.6. The molecule has 0 N–H and O–H groups in total. The third kappa shape index (κ3) is 2.84. The van der Waals surface area contributed by atoms with E-state index in [9.17, 15) is 4.79 Å². The first kappa shape index (κ1) is 14.3. The number of nitrogens with zero attached hydrogens (tertiary/aromatic N) is 1. The molecule has 0 amide bonds. The molecule has 0 aliphatic carbocycles. The van der Waals surface area contributed by atoms with Gasteiger partial charge in [0.25, 0.3) is 0 Å². The summed E-state index contributed by atoms with van der Waals surface area (Å²) in [6.07, 6.45) is 3.39. The fourth-order valence-electron chi connectivity index (χ4n) is 2.42. The van der Waals surface area contributed by atoms with Crippen molar-refractivity contribution in [3.63, 3.8) is 0 Å². The molecule has 3 nitrogen and oxygen atoms in total. The maximum Gasteiger partial charge on any atom is 0.339 e. The molecule has 0 saturated carbocycles. The van der Waals surface area contributed by atoms with Crippen molar-refractivity contribution in [1.29, 1.82) is 0 Å². The van der Waals surface area contributed by atoms with Crippen molar-refractivity contribution in [2.75, 3.05) is 0 Å². The number of aromatic nitrogens is 1. The number of fused-ring (bicyclic) bond motifs is 1. The first-order chi connectivity index (χ1) is 10.6. The highest BCUT2D eigenvalue weighted by Gasteiger charge is 2.26. The fourth-order valence-corrected chi connectivity index (χ4v) is 2.42. The van der Waals surface area contributed by atoms with Gasteiger partial charge in [-0.05, 0) is 54.4 Å². The van der Waals surface area contributed by atoms with E-state index in [0.29, 0.717) is 5.56 Å². The molecule has 3 aromatic rings. The number of carbonyl (C=O) groups is 1. The number of pyridine rings is 1. The molecule has 0 atom stereocenters. The standard InChI is InChI=1S/C19H17NO2/c1-19(2,17-9-11-20-12-10-17)22-18(21)16-8-7-14-5-3-4-6-15(14)13-16/h3-13H,1-2H3. The predicted molar refractivity (Wildman–Crippen MR) is 86.6 cm³/mol. The van der Waals surface area contributed by atoms with Gasteiger partial charge in [-0.15, -0.1) is 0 Å². The molecule has 0 aliphatic heterocycles. The minimum absolute atomic E-state index is 0.326. The van der Waals surface area contributed by atoms with E-state index in [-0.39, 0.29) is 5.97 Å². The number of carbonyl (C=O) groups excluding carboxylic acids is 1. The SMILES string of the molecule is CC(C)(OC(=O)c1ccc2ccccc2c1)c1ccncc1. The van der Waals surface area contributed by atoms with E-state index in [0.717, 1.165) is 16.3 Å². The summed E-state index contributed by atoms with van der Waals surface area (Å²) in [5.74, 6) is -0.326. The van der Waals surface area contributed by atoms with Crippen LogP contribution in [0.3, 0.4) is 0 Å². The van der Waals surface area contributed by atoms with Crippen LogP contribution in [-0.2, 0) is 10.3 Å². The van der Waals surface area contributed by atoms with E-state index >= 15 is 0 Å². The number of hydrogen-bond donors (Lipinski definition) is 0. The van der Waals surface area contributed by atoms with Gasteiger partial charge in [-0.3, -0.25) is 4.98 Å². The number of benzene rings is 2. The number of ether oxygens (including phenoxy) is 1. The van der Waals surface area contributed by atoms with E-state index < -0.39 is 5.60 Å². The molecule has 0 saturated heterocycles. The Kier molecular flexibility index (Phi) is 3.63. The van der Waals surface area contributed by atoms with Crippen molar-refractivity contribution in [2.45, 2.75) is 19.4 Å². The lowest BCUT2D eigenvalue weighted by Crippen LogP contribution is -2.25. The number of hydrogen-bond acceptors (Lipinski definition) is 3. The van der Waals surface area contributed by atoms with Crippen molar-refractivity contribution in [3.8, 4) is 0 Å². The quantitative estimate of drug-likeness (QED) is 0.674. The van der Waals surface area contributed by atoms with Gasteiger partial charge >= 0.3 is 5.97 Å². The van der Waals surface area contributed by atoms with Crippen LogP contribution in [0, 0.1) is 0 Å². The van der Waals surface area contributed by atoms with E-state index in [1.54, 1.807) is 18.5 Å². The van der Waals surface area contributed by atoms with Crippen LogP contribution in [0.25, 0.3) is 10.8 Å². The van der Waals surface area contributed by atoms with Crippen molar-refractivity contribution >= 4 is 16.7 Å². The summed E-state index contributed by atoms with van der Waals surface area (Å²) in [6.45, 7) is 3.75. The second-order valence-corrected chi connectivity index (χ2v) is 5.70. The van der Waals surface area contributed by atoms with Gasteiger partial charge in [0.05, 0.1) is 5.56 Å². The molecular weight excluding hydrogens is 274 g/mol. The van der Waals surface area contributed by atoms with Crippen molar-refractivity contribution in [1.82, 2.24) is 4.98 Å². The van der Waals surface area contributed by atoms with Crippen LogP contribution >= 0.6 is 0 Å². The van der Waals surface area contributed by atoms with Crippen LogP contribution in [0.5, 0.6) is 0 Å². The summed E-state index contributed by atoms with van der Waals surface area (Å²) >= 11 is 0. The van der Waals surface area contributed by atoms with Crippen LogP contribution in [0.1, 0.15) is 29.8 Å². The van der Waals surface area contributed by atoms with Crippen molar-refractivity contribution in [3.05, 3.63) is 78.1 Å². The molecule has 0 aliphatic rings. The van der Waals surface area contributed by atoms with Gasteiger partial charge in [0.15, 0.2) is 0 Å². The highest BCUT2D eigenvalue weighted by molar-refractivity contribution is 5.95. The second-order valence-electron chi connectivity index (χ2n) is 5.70. The second kappa shape index (κ2) is 5.60. The highest BCUT2D eigenvalue weighted by Crippen LogP contribution is 2.26. The predicted octanol–water partition coefficient (Wildman–Crippen LogP) is 4.33. The van der Waals surface area contributed by atoms with E-state index in [1.807, 2.05) is 62.4 Å². The van der Waals surface area contributed by atoms with Gasteiger partial charge in [-0.2, -0.15) is 0 Å². The molecule has 3 heteroatoms. The molecule has 0 bridgehead atoms. The molecule has 2 aromatic carbocycles. The smallest absolute Gasteiger partial charge is 0.339 e. The molecule has 0 fully saturated rings. The van der Waals surface area contributed by atoms with Crippen LogP contribution in [0.4, 0.5) is 0 Å². The van der Waals surface area contributed by atoms with Crippen LogP contribution in [-0.4, -0.2) is 11.0 Å². The Hall–Kier alpha value is -2.68. The topological polar surface area (TPSA) is 39.2 Å². The lowest BCUT2D eigenvalue weighted by atomic mass is 9.99. The Labute approximate surface area is 129 Å². The van der Waals surface area contributed by atoms with Gasteiger partial charge in [0.1, 0.15) is 5.60 Å². The minimum atomic E-state index is -0.703. The molecular formula is C19H17NO2. The zero-order valence-electron chi connectivity index (χ0n) is 12.6. The normalized spacial score (nSPS) is 11.4. The van der Waals surface area contributed by atoms with Crippen LogP contribution < -0.4 is 0 Å². The molecule has 0 unspecified atom stereocenters. The average Bonchev–Trinajstić information content (AvgIpc) is 2.55. The Bertz CT molecular complexity index is 810. The summed E-state index contributed by atoms with van der Waals surface area (Å²) in [5.41, 5.74) is 0.767. The van der Waals surface area contributed by atoms with Gasteiger partial charge in [-0.25, -0.2) is 4.79 Å². The lowest BCUT2D eigenvalue weighted by Gasteiger charge is -2.25. The Balaban J connectivity index is 1.86. The molecule has 0 spiro atoms. The summed E-state index contributed by atoms with van der Waals surface area (Å²) in [7, 11) is 0. The lowest BCUT2D eigenvalue weighted by molar-refractivity contribution is -0.00314. The molecule has 22 heavy (non-hydrogen) atoms. The Morgan fingerprint density at radius 1 is 0.955 bits per heavy atom. The first-order valence-electron chi connectivity index (χ1n) is 7.19. The maximum atomic E-state index is 12.4. The van der Waals surface area contributed by atoms with Crippen LogP contribution in [0.2, 0.25) is 0 Å². The third-order valence-electron chi connectivity index (χ3n) is 3.71. The van der Waals surface area contributed by atoms with Crippen LogP contribution in [0.15, 0.2) is 67.0 Å². The summed E-state index contributed by atoms with van der Waals surface area (Å²) in [4.78, 5) is 16.4. The van der Waals surface area contributed by atoms with Gasteiger partial charge in [0, 0.05) is 12.4 Å². The monoisotopic (exact) mass is 291 g/mol. The largest absolute Gasteiger partial charge is 0.451 e. The van der Waals surface area contributed by atoms with E-state index in [4.69, 9.17) is 4.74 Å². The maximum absolute atomic E-state index is 12.4. The Morgan fingerprint density at radius 3 is 2.36 bits per heavy atom. The number of esters is 1. The van der Waals surface area contributed by atoms with Gasteiger partial charge in [0.2, 0.25) is 0 Å². The molecule has 110 valence electrons. The van der Waals surface area contributed by atoms with E-state index in [2.05, 4.69) is 4.98 Å². The summed E-state index contributed by atoms with van der Waals surface area (Å²) < 4.78 is 5.69. The average molecular weight is 291 g/mol. The first-order valence-corrected chi connectivity index (χ1v) is 7.19. The molecule has 1 aromatic heterocycles. The molecule has 3 rings (SSSR count). The molecule has 0 radical (unpaired) electrons.